The Morgan fingerprint density at radius 3 is 2.44 bits per heavy atom. The number of aromatic nitrogens is 1. The molecule has 1 aliphatic rings. The van der Waals surface area contributed by atoms with Gasteiger partial charge in [0.05, 0.1) is 0 Å². The van der Waals surface area contributed by atoms with Crippen molar-refractivity contribution in [3.63, 3.8) is 0 Å². The van der Waals surface area contributed by atoms with Crippen LogP contribution in [0.15, 0.2) is 77.6 Å². The first-order chi connectivity index (χ1) is 16.6. The number of pyridine rings is 1. The molecule has 0 fully saturated rings. The number of benzene rings is 3. The summed E-state index contributed by atoms with van der Waals surface area (Å²) in [7, 11) is 0. The van der Waals surface area contributed by atoms with Crippen LogP contribution in [0, 0.1) is 18.8 Å². The van der Waals surface area contributed by atoms with E-state index in [4.69, 9.17) is 4.74 Å². The van der Waals surface area contributed by atoms with Crippen molar-refractivity contribution in [1.29, 1.82) is 0 Å². The summed E-state index contributed by atoms with van der Waals surface area (Å²) in [5.41, 5.74) is 7.15. The molecule has 0 radical (unpaired) electrons. The summed E-state index contributed by atoms with van der Waals surface area (Å²) in [4.78, 5) is 27.6. The second kappa shape index (κ2) is 9.29. The highest BCUT2D eigenvalue weighted by molar-refractivity contribution is 5.80. The molecule has 5 nitrogen and oxygen atoms in total. The van der Waals surface area contributed by atoms with Gasteiger partial charge in [-0.2, -0.15) is 0 Å². The topological polar surface area (TPSA) is 71.2 Å². The second-order valence-corrected chi connectivity index (χ2v) is 8.38. The first-order valence-corrected chi connectivity index (χ1v) is 11.3. The standard InChI is InChI=1S/C29H24N2O3/c1-19-16-28(32)25-17-20(13-14-27(25)31-19)8-6-7-15-30-29(33)34-18-26-23-11-4-2-9-21(23)22-10-3-5-12-24(22)26/h2-5,9-14,16-17,26H,7,15,18H2,1H3,(H,30,33)(H,31,32). The van der Waals surface area contributed by atoms with Crippen LogP contribution >= 0.6 is 0 Å². The lowest BCUT2D eigenvalue weighted by molar-refractivity contribution is 0.143. The van der Waals surface area contributed by atoms with Crippen molar-refractivity contribution in [2.75, 3.05) is 13.2 Å². The largest absolute Gasteiger partial charge is 0.449 e. The van der Waals surface area contributed by atoms with Crippen LogP contribution in [0.4, 0.5) is 4.79 Å². The summed E-state index contributed by atoms with van der Waals surface area (Å²) in [6.07, 6.45) is 0.0308. The quantitative estimate of drug-likeness (QED) is 0.336. The van der Waals surface area contributed by atoms with Gasteiger partial charge in [0.1, 0.15) is 6.61 Å². The molecule has 1 aliphatic carbocycles. The van der Waals surface area contributed by atoms with E-state index in [9.17, 15) is 9.59 Å². The second-order valence-electron chi connectivity index (χ2n) is 8.38. The number of ether oxygens (including phenoxy) is 1. The Kier molecular flexibility index (Phi) is 5.88. The first kappa shape index (κ1) is 21.5. The molecule has 0 aliphatic heterocycles. The minimum absolute atomic E-state index is 0.0215. The third kappa shape index (κ3) is 4.31. The van der Waals surface area contributed by atoms with Gasteiger partial charge in [-0.25, -0.2) is 4.79 Å². The fourth-order valence-corrected chi connectivity index (χ4v) is 4.50. The summed E-state index contributed by atoms with van der Waals surface area (Å²) in [5.74, 6) is 6.14. The number of rotatable bonds is 4. The number of carbonyl (C=O) groups is 1. The monoisotopic (exact) mass is 448 g/mol. The van der Waals surface area contributed by atoms with Crippen molar-refractivity contribution in [2.45, 2.75) is 19.3 Å². The van der Waals surface area contributed by atoms with Crippen LogP contribution in [-0.2, 0) is 4.74 Å². The predicted octanol–water partition coefficient (Wildman–Crippen LogP) is 5.12. The molecule has 0 saturated heterocycles. The van der Waals surface area contributed by atoms with Gasteiger partial charge in [-0.15, -0.1) is 0 Å². The SMILES string of the molecule is Cc1cc(=O)c2cc(C#CCCNC(=O)OCC3c4ccccc4-c4ccccc43)ccc2[nH]1. The van der Waals surface area contributed by atoms with Gasteiger partial charge in [-0.05, 0) is 47.4 Å². The van der Waals surface area contributed by atoms with Crippen molar-refractivity contribution in [3.8, 4) is 23.0 Å². The first-order valence-electron chi connectivity index (χ1n) is 11.3. The van der Waals surface area contributed by atoms with Crippen LogP contribution in [0.2, 0.25) is 0 Å². The Hall–Kier alpha value is -4.30. The molecule has 4 aromatic rings. The number of aryl methyl sites for hydroxylation is 1. The zero-order valence-electron chi connectivity index (χ0n) is 18.9. The molecule has 0 spiro atoms. The molecule has 0 saturated carbocycles. The van der Waals surface area contributed by atoms with Gasteiger partial charge in [0.25, 0.3) is 0 Å². The van der Waals surface area contributed by atoms with Crippen LogP contribution in [0.5, 0.6) is 0 Å². The lowest BCUT2D eigenvalue weighted by atomic mass is 9.98. The molecule has 5 rings (SSSR count). The molecule has 0 atom stereocenters. The van der Waals surface area contributed by atoms with Crippen LogP contribution < -0.4 is 10.7 Å². The fourth-order valence-electron chi connectivity index (χ4n) is 4.50. The van der Waals surface area contributed by atoms with E-state index in [1.54, 1.807) is 12.1 Å². The lowest BCUT2D eigenvalue weighted by Gasteiger charge is -2.14. The highest BCUT2D eigenvalue weighted by Crippen LogP contribution is 2.44. The maximum absolute atomic E-state index is 12.2. The number of nitrogens with one attached hydrogen (secondary N) is 2. The zero-order valence-corrected chi connectivity index (χ0v) is 18.9. The maximum Gasteiger partial charge on any atom is 0.407 e. The maximum atomic E-state index is 12.2. The third-order valence-corrected chi connectivity index (χ3v) is 6.06. The number of aromatic amines is 1. The Morgan fingerprint density at radius 1 is 1.00 bits per heavy atom. The van der Waals surface area contributed by atoms with Crippen LogP contribution in [0.3, 0.4) is 0 Å². The van der Waals surface area contributed by atoms with Crippen molar-refractivity contribution in [1.82, 2.24) is 10.3 Å². The summed E-state index contributed by atoms with van der Waals surface area (Å²) in [5, 5.41) is 3.39. The van der Waals surface area contributed by atoms with Gasteiger partial charge in [0.2, 0.25) is 0 Å². The molecule has 168 valence electrons. The van der Waals surface area contributed by atoms with Crippen molar-refractivity contribution in [3.05, 3.63) is 105 Å². The summed E-state index contributed by atoms with van der Waals surface area (Å²) >= 11 is 0. The number of alkyl carbamates (subject to hydrolysis) is 1. The minimum atomic E-state index is -0.448. The van der Waals surface area contributed by atoms with Gasteiger partial charge >= 0.3 is 6.09 Å². The summed E-state index contributed by atoms with van der Waals surface area (Å²) < 4.78 is 5.54. The number of amides is 1. The minimum Gasteiger partial charge on any atom is -0.449 e. The lowest BCUT2D eigenvalue weighted by Crippen LogP contribution is -2.26. The Labute approximate surface area is 197 Å². The van der Waals surface area contributed by atoms with Crippen LogP contribution in [0.25, 0.3) is 22.0 Å². The number of carbonyl (C=O) groups excluding carboxylic acids is 1. The Bertz CT molecular complexity index is 1460. The van der Waals surface area contributed by atoms with E-state index in [1.807, 2.05) is 43.3 Å². The van der Waals surface area contributed by atoms with E-state index >= 15 is 0 Å². The Morgan fingerprint density at radius 2 is 1.71 bits per heavy atom. The highest BCUT2D eigenvalue weighted by atomic mass is 16.5. The molecule has 3 aromatic carbocycles. The average molecular weight is 449 g/mol. The molecule has 34 heavy (non-hydrogen) atoms. The van der Waals surface area contributed by atoms with Gasteiger partial charge < -0.3 is 15.0 Å². The molecular weight excluding hydrogens is 424 g/mol. The van der Waals surface area contributed by atoms with E-state index in [0.29, 0.717) is 18.4 Å². The van der Waals surface area contributed by atoms with Gasteiger partial charge in [0, 0.05) is 47.1 Å². The van der Waals surface area contributed by atoms with E-state index in [2.05, 4.69) is 46.4 Å². The fraction of sp³-hybridized carbons (Fsp3) is 0.172. The van der Waals surface area contributed by atoms with Gasteiger partial charge in [0.15, 0.2) is 5.43 Å². The van der Waals surface area contributed by atoms with Gasteiger partial charge in [-0.3, -0.25) is 4.79 Å². The number of hydrogen-bond acceptors (Lipinski definition) is 3. The average Bonchev–Trinajstić information content (AvgIpc) is 3.16. The molecule has 0 bridgehead atoms. The smallest absolute Gasteiger partial charge is 0.407 e. The molecule has 2 N–H and O–H groups in total. The van der Waals surface area contributed by atoms with E-state index in [1.165, 1.54) is 22.3 Å². The third-order valence-electron chi connectivity index (χ3n) is 6.06. The summed E-state index contributed by atoms with van der Waals surface area (Å²) in [6, 6.07) is 23.6. The van der Waals surface area contributed by atoms with Crippen LogP contribution in [-0.4, -0.2) is 24.2 Å². The van der Waals surface area contributed by atoms with E-state index < -0.39 is 6.09 Å². The normalized spacial score (nSPS) is 11.9. The molecule has 1 aromatic heterocycles. The number of fused-ring (bicyclic) bond motifs is 4. The zero-order chi connectivity index (χ0) is 23.5. The number of H-pyrrole nitrogens is 1. The highest BCUT2D eigenvalue weighted by Gasteiger charge is 2.28. The van der Waals surface area contributed by atoms with Crippen molar-refractivity contribution in [2.24, 2.45) is 0 Å². The molecule has 0 unspecified atom stereocenters. The molecule has 1 amide bonds. The van der Waals surface area contributed by atoms with E-state index in [0.717, 1.165) is 16.8 Å². The predicted molar refractivity (Wildman–Crippen MR) is 134 cm³/mol. The van der Waals surface area contributed by atoms with Crippen molar-refractivity contribution >= 4 is 17.0 Å². The molecule has 5 heteroatoms. The van der Waals surface area contributed by atoms with Crippen molar-refractivity contribution < 1.29 is 9.53 Å². The van der Waals surface area contributed by atoms with Crippen LogP contribution in [0.1, 0.15) is 34.7 Å². The van der Waals surface area contributed by atoms with E-state index in [-0.39, 0.29) is 18.0 Å². The Balaban J connectivity index is 1.15. The number of hydrogen-bond donors (Lipinski definition) is 2. The molecular formula is C29H24N2O3. The molecule has 1 heterocycles. The van der Waals surface area contributed by atoms with Gasteiger partial charge in [-0.1, -0.05) is 60.4 Å². The summed E-state index contributed by atoms with van der Waals surface area (Å²) in [6.45, 7) is 2.53.